The molecule has 106 valence electrons. The van der Waals surface area contributed by atoms with Crippen molar-refractivity contribution in [2.75, 3.05) is 25.1 Å². The third-order valence-electron chi connectivity index (χ3n) is 3.93. The minimum absolute atomic E-state index is 0.227. The van der Waals surface area contributed by atoms with Gasteiger partial charge in [0.15, 0.2) is 0 Å². The fourth-order valence-electron chi connectivity index (χ4n) is 2.64. The van der Waals surface area contributed by atoms with Crippen molar-refractivity contribution in [2.24, 2.45) is 5.92 Å². The Morgan fingerprint density at radius 2 is 2.05 bits per heavy atom. The Kier molecular flexibility index (Phi) is 3.64. The Balaban J connectivity index is 1.87. The zero-order valence-electron chi connectivity index (χ0n) is 11.8. The molecule has 3 rings (SSSR count). The molecule has 1 fully saturated rings. The number of hydrogen-bond donors (Lipinski definition) is 0. The highest BCUT2D eigenvalue weighted by Gasteiger charge is 2.29. The molecule has 1 aromatic carbocycles. The van der Waals surface area contributed by atoms with Crippen molar-refractivity contribution in [3.05, 3.63) is 30.3 Å². The van der Waals surface area contributed by atoms with E-state index in [0.717, 1.165) is 31.1 Å². The van der Waals surface area contributed by atoms with Crippen LogP contribution in [0.25, 0.3) is 5.69 Å². The lowest BCUT2D eigenvalue weighted by molar-refractivity contribution is 0.0493. The highest BCUT2D eigenvalue weighted by atomic mass is 16.5. The Hall–Kier alpha value is -1.95. The minimum atomic E-state index is 0.227. The number of rotatable bonds is 3. The van der Waals surface area contributed by atoms with Crippen LogP contribution in [-0.4, -0.2) is 46.5 Å². The smallest absolute Gasteiger partial charge is 0.250 e. The largest absolute Gasteiger partial charge is 0.379 e. The fraction of sp³-hybridized carbons (Fsp3) is 0.500. The van der Waals surface area contributed by atoms with Gasteiger partial charge in [0.2, 0.25) is 5.95 Å². The lowest BCUT2D eigenvalue weighted by Gasteiger charge is -2.36. The van der Waals surface area contributed by atoms with E-state index < -0.39 is 0 Å². The summed E-state index contributed by atoms with van der Waals surface area (Å²) in [5.41, 5.74) is 0.972. The van der Waals surface area contributed by atoms with Crippen LogP contribution < -0.4 is 4.90 Å². The molecule has 0 spiro atoms. The summed E-state index contributed by atoms with van der Waals surface area (Å²) >= 11 is 0. The Labute approximate surface area is 118 Å². The molecule has 2 unspecified atom stereocenters. The van der Waals surface area contributed by atoms with Gasteiger partial charge in [0.25, 0.3) is 0 Å². The van der Waals surface area contributed by atoms with E-state index in [9.17, 15) is 0 Å². The summed E-state index contributed by atoms with van der Waals surface area (Å²) in [5, 5.41) is 12.1. The predicted molar refractivity (Wildman–Crippen MR) is 75.9 cm³/mol. The standard InChI is InChI=1S/C14H19N5O/c1-11-8-9-18(10-13(11)20-2)14-15-16-17-19(14)12-6-4-3-5-7-12/h3-7,11,13H,8-10H2,1-2H3. The number of aromatic nitrogens is 4. The van der Waals surface area contributed by atoms with Gasteiger partial charge in [-0.1, -0.05) is 30.2 Å². The normalized spacial score (nSPS) is 23.0. The number of hydrogen-bond acceptors (Lipinski definition) is 5. The molecule has 0 aliphatic carbocycles. The second kappa shape index (κ2) is 5.58. The lowest BCUT2D eigenvalue weighted by atomic mass is 9.96. The van der Waals surface area contributed by atoms with Crippen molar-refractivity contribution in [1.29, 1.82) is 0 Å². The van der Waals surface area contributed by atoms with Gasteiger partial charge in [-0.15, -0.1) is 0 Å². The van der Waals surface area contributed by atoms with Crippen LogP contribution in [0.15, 0.2) is 30.3 Å². The van der Waals surface area contributed by atoms with Gasteiger partial charge in [-0.2, -0.15) is 4.68 Å². The van der Waals surface area contributed by atoms with E-state index in [1.807, 2.05) is 30.3 Å². The summed E-state index contributed by atoms with van der Waals surface area (Å²) in [7, 11) is 1.77. The van der Waals surface area contributed by atoms with Crippen molar-refractivity contribution in [3.63, 3.8) is 0 Å². The van der Waals surface area contributed by atoms with E-state index >= 15 is 0 Å². The maximum atomic E-state index is 5.56. The van der Waals surface area contributed by atoms with Crippen molar-refractivity contribution in [2.45, 2.75) is 19.4 Å². The second-order valence-corrected chi connectivity index (χ2v) is 5.21. The van der Waals surface area contributed by atoms with Crippen LogP contribution in [0.1, 0.15) is 13.3 Å². The van der Waals surface area contributed by atoms with E-state index in [2.05, 4.69) is 27.3 Å². The van der Waals surface area contributed by atoms with Crippen molar-refractivity contribution in [3.8, 4) is 5.69 Å². The molecule has 0 saturated carbocycles. The molecule has 6 heteroatoms. The first-order valence-electron chi connectivity index (χ1n) is 6.91. The lowest BCUT2D eigenvalue weighted by Crippen LogP contribution is -2.45. The van der Waals surface area contributed by atoms with Gasteiger partial charge in [0, 0.05) is 20.2 Å². The monoisotopic (exact) mass is 273 g/mol. The van der Waals surface area contributed by atoms with Crippen LogP contribution in [0.3, 0.4) is 0 Å². The van der Waals surface area contributed by atoms with Gasteiger partial charge < -0.3 is 9.64 Å². The molecule has 0 amide bonds. The molecule has 1 saturated heterocycles. The summed E-state index contributed by atoms with van der Waals surface area (Å²) < 4.78 is 7.34. The van der Waals surface area contributed by atoms with Gasteiger partial charge in [-0.05, 0) is 34.9 Å². The highest BCUT2D eigenvalue weighted by molar-refractivity contribution is 5.41. The first-order valence-corrected chi connectivity index (χ1v) is 6.91. The van der Waals surface area contributed by atoms with Crippen molar-refractivity contribution >= 4 is 5.95 Å². The quantitative estimate of drug-likeness (QED) is 0.848. The van der Waals surface area contributed by atoms with E-state index in [1.165, 1.54) is 0 Å². The van der Waals surface area contributed by atoms with Crippen molar-refractivity contribution in [1.82, 2.24) is 20.2 Å². The van der Waals surface area contributed by atoms with E-state index in [1.54, 1.807) is 11.8 Å². The maximum Gasteiger partial charge on any atom is 0.250 e. The van der Waals surface area contributed by atoms with E-state index in [0.29, 0.717) is 5.92 Å². The number of nitrogens with zero attached hydrogens (tertiary/aromatic N) is 5. The summed E-state index contributed by atoms with van der Waals surface area (Å²) in [6.45, 7) is 4.00. The Morgan fingerprint density at radius 3 is 2.80 bits per heavy atom. The molecular weight excluding hydrogens is 254 g/mol. The van der Waals surface area contributed by atoms with Gasteiger partial charge in [0.05, 0.1) is 11.8 Å². The van der Waals surface area contributed by atoms with Crippen LogP contribution in [0.5, 0.6) is 0 Å². The molecule has 2 aromatic rings. The third kappa shape index (κ3) is 2.38. The maximum absolute atomic E-state index is 5.56. The van der Waals surface area contributed by atoms with Crippen molar-refractivity contribution < 1.29 is 4.74 Å². The molecule has 2 atom stereocenters. The SMILES string of the molecule is COC1CN(c2nnnn2-c2ccccc2)CCC1C. The van der Waals surface area contributed by atoms with Crippen LogP contribution in [0, 0.1) is 5.92 Å². The average Bonchev–Trinajstić information content (AvgIpc) is 2.98. The van der Waals surface area contributed by atoms with Crippen LogP contribution in [0.4, 0.5) is 5.95 Å². The molecule has 0 radical (unpaired) electrons. The third-order valence-corrected chi connectivity index (χ3v) is 3.93. The molecular formula is C14H19N5O. The molecule has 1 aromatic heterocycles. The summed E-state index contributed by atoms with van der Waals surface area (Å²) in [5.74, 6) is 1.35. The van der Waals surface area contributed by atoms with Gasteiger partial charge in [0.1, 0.15) is 0 Å². The van der Waals surface area contributed by atoms with E-state index in [-0.39, 0.29) is 6.10 Å². The number of piperidine rings is 1. The number of anilines is 1. The average molecular weight is 273 g/mol. The molecule has 20 heavy (non-hydrogen) atoms. The Morgan fingerprint density at radius 1 is 1.25 bits per heavy atom. The number of para-hydroxylation sites is 1. The fourth-order valence-corrected chi connectivity index (χ4v) is 2.64. The van der Waals surface area contributed by atoms with Gasteiger partial charge in [-0.25, -0.2) is 0 Å². The van der Waals surface area contributed by atoms with Crippen LogP contribution >= 0.6 is 0 Å². The minimum Gasteiger partial charge on any atom is -0.379 e. The first kappa shape index (κ1) is 13.1. The zero-order valence-corrected chi connectivity index (χ0v) is 11.8. The molecule has 1 aliphatic heterocycles. The van der Waals surface area contributed by atoms with Gasteiger partial charge >= 0.3 is 0 Å². The number of ether oxygens (including phenoxy) is 1. The van der Waals surface area contributed by atoms with Gasteiger partial charge in [-0.3, -0.25) is 0 Å². The predicted octanol–water partition coefficient (Wildman–Crippen LogP) is 1.52. The number of tetrazole rings is 1. The van der Waals surface area contributed by atoms with E-state index in [4.69, 9.17) is 4.74 Å². The van der Waals surface area contributed by atoms with Crippen LogP contribution in [0.2, 0.25) is 0 Å². The number of benzene rings is 1. The first-order chi connectivity index (χ1) is 9.79. The topological polar surface area (TPSA) is 56.1 Å². The summed E-state index contributed by atoms with van der Waals surface area (Å²) in [4.78, 5) is 2.20. The zero-order chi connectivity index (χ0) is 13.9. The van der Waals surface area contributed by atoms with Crippen LogP contribution in [-0.2, 0) is 4.74 Å². The summed E-state index contributed by atoms with van der Waals surface area (Å²) in [6, 6.07) is 9.95. The molecule has 2 heterocycles. The molecule has 1 aliphatic rings. The molecule has 6 nitrogen and oxygen atoms in total. The molecule has 0 N–H and O–H groups in total. The number of methoxy groups -OCH3 is 1. The molecule has 0 bridgehead atoms. The second-order valence-electron chi connectivity index (χ2n) is 5.21. The highest BCUT2D eigenvalue weighted by Crippen LogP contribution is 2.24. The summed E-state index contributed by atoms with van der Waals surface area (Å²) in [6.07, 6.45) is 1.31. The Bertz CT molecular complexity index is 556.